The Labute approximate surface area is 103 Å². The zero-order valence-corrected chi connectivity index (χ0v) is 10.3. The number of nitrogens with one attached hydrogen (secondary N) is 1. The zero-order valence-electron chi connectivity index (χ0n) is 9.53. The SMILES string of the molecule is Cc1sc(-c2c[nH]c3ccccc23)nc1CN. The first-order chi connectivity index (χ1) is 8.29. The largest absolute Gasteiger partial charge is 0.360 e. The van der Waals surface area contributed by atoms with Crippen LogP contribution in [-0.2, 0) is 6.54 Å². The summed E-state index contributed by atoms with van der Waals surface area (Å²) in [5, 5.41) is 2.25. The minimum absolute atomic E-state index is 0.505. The molecule has 0 radical (unpaired) electrons. The number of H-pyrrole nitrogens is 1. The molecule has 3 N–H and O–H groups in total. The maximum Gasteiger partial charge on any atom is 0.126 e. The van der Waals surface area contributed by atoms with Crippen LogP contribution in [0, 0.1) is 6.92 Å². The third-order valence-corrected chi connectivity index (χ3v) is 3.95. The number of aromatic nitrogens is 2. The number of para-hydroxylation sites is 1. The van der Waals surface area contributed by atoms with Crippen molar-refractivity contribution in [3.8, 4) is 10.6 Å². The van der Waals surface area contributed by atoms with E-state index in [0.29, 0.717) is 6.54 Å². The fraction of sp³-hybridized carbons (Fsp3) is 0.154. The van der Waals surface area contributed by atoms with Crippen molar-refractivity contribution in [3.63, 3.8) is 0 Å². The lowest BCUT2D eigenvalue weighted by molar-refractivity contribution is 0.999. The van der Waals surface area contributed by atoms with Gasteiger partial charge in [0.15, 0.2) is 0 Å². The number of hydrogen-bond donors (Lipinski definition) is 2. The van der Waals surface area contributed by atoms with Gasteiger partial charge in [-0.05, 0) is 13.0 Å². The Morgan fingerprint density at radius 2 is 2.18 bits per heavy atom. The number of hydrogen-bond acceptors (Lipinski definition) is 3. The Kier molecular flexibility index (Phi) is 2.46. The summed E-state index contributed by atoms with van der Waals surface area (Å²) in [7, 11) is 0. The topological polar surface area (TPSA) is 54.7 Å². The van der Waals surface area contributed by atoms with Crippen molar-refractivity contribution in [2.24, 2.45) is 5.73 Å². The Bertz CT molecular complexity index is 666. The fourth-order valence-electron chi connectivity index (χ4n) is 1.98. The van der Waals surface area contributed by atoms with Gasteiger partial charge in [-0.1, -0.05) is 18.2 Å². The Morgan fingerprint density at radius 3 is 2.94 bits per heavy atom. The van der Waals surface area contributed by atoms with Crippen molar-refractivity contribution in [1.29, 1.82) is 0 Å². The molecule has 2 heterocycles. The van der Waals surface area contributed by atoms with Crippen LogP contribution < -0.4 is 5.73 Å². The van der Waals surface area contributed by atoms with Gasteiger partial charge >= 0.3 is 0 Å². The van der Waals surface area contributed by atoms with Gasteiger partial charge < -0.3 is 10.7 Å². The lowest BCUT2D eigenvalue weighted by atomic mass is 10.2. The van der Waals surface area contributed by atoms with Gasteiger partial charge in [0.05, 0.1) is 5.69 Å². The molecule has 3 aromatic rings. The second kappa shape index (κ2) is 3.98. The van der Waals surface area contributed by atoms with E-state index in [2.05, 4.69) is 29.0 Å². The summed E-state index contributed by atoms with van der Waals surface area (Å²) in [5.74, 6) is 0. The normalized spacial score (nSPS) is 11.2. The lowest BCUT2D eigenvalue weighted by Crippen LogP contribution is -1.97. The van der Waals surface area contributed by atoms with E-state index in [0.717, 1.165) is 21.8 Å². The van der Waals surface area contributed by atoms with E-state index in [1.54, 1.807) is 11.3 Å². The number of thiazole rings is 1. The van der Waals surface area contributed by atoms with Crippen LogP contribution in [0.2, 0.25) is 0 Å². The van der Waals surface area contributed by atoms with E-state index in [9.17, 15) is 0 Å². The molecule has 0 bridgehead atoms. The van der Waals surface area contributed by atoms with E-state index in [1.807, 2.05) is 18.3 Å². The first kappa shape index (κ1) is 10.5. The predicted molar refractivity (Wildman–Crippen MR) is 72.0 cm³/mol. The van der Waals surface area contributed by atoms with E-state index < -0.39 is 0 Å². The summed E-state index contributed by atoms with van der Waals surface area (Å²) in [4.78, 5) is 9.06. The molecule has 3 nitrogen and oxygen atoms in total. The van der Waals surface area contributed by atoms with Crippen LogP contribution in [0.5, 0.6) is 0 Å². The molecular weight excluding hydrogens is 230 g/mol. The second-order valence-electron chi connectivity index (χ2n) is 3.97. The summed E-state index contributed by atoms with van der Waals surface area (Å²) in [6.45, 7) is 2.57. The van der Waals surface area contributed by atoms with Crippen LogP contribution in [0.1, 0.15) is 10.6 Å². The highest BCUT2D eigenvalue weighted by Gasteiger charge is 2.11. The lowest BCUT2D eigenvalue weighted by Gasteiger charge is -1.93. The van der Waals surface area contributed by atoms with Crippen LogP contribution in [-0.4, -0.2) is 9.97 Å². The van der Waals surface area contributed by atoms with Gasteiger partial charge in [0.2, 0.25) is 0 Å². The molecule has 2 aromatic heterocycles. The molecule has 3 rings (SSSR count). The minimum atomic E-state index is 0.505. The number of nitrogens with two attached hydrogens (primary N) is 1. The number of nitrogens with zero attached hydrogens (tertiary/aromatic N) is 1. The van der Waals surface area contributed by atoms with Crippen LogP contribution in [0.3, 0.4) is 0 Å². The Balaban J connectivity index is 2.20. The molecule has 0 saturated heterocycles. The Hall–Kier alpha value is -1.65. The first-order valence-electron chi connectivity index (χ1n) is 5.52. The number of rotatable bonds is 2. The molecule has 1 aromatic carbocycles. The minimum Gasteiger partial charge on any atom is -0.360 e. The highest BCUT2D eigenvalue weighted by Crippen LogP contribution is 2.32. The van der Waals surface area contributed by atoms with Crippen LogP contribution in [0.15, 0.2) is 30.5 Å². The van der Waals surface area contributed by atoms with E-state index in [1.165, 1.54) is 10.3 Å². The zero-order chi connectivity index (χ0) is 11.8. The van der Waals surface area contributed by atoms with Gasteiger partial charge in [-0.15, -0.1) is 11.3 Å². The van der Waals surface area contributed by atoms with E-state index >= 15 is 0 Å². The highest BCUT2D eigenvalue weighted by molar-refractivity contribution is 7.15. The van der Waals surface area contributed by atoms with Gasteiger partial charge in [0, 0.05) is 34.1 Å². The first-order valence-corrected chi connectivity index (χ1v) is 6.34. The van der Waals surface area contributed by atoms with Crippen molar-refractivity contribution < 1.29 is 0 Å². The van der Waals surface area contributed by atoms with Crippen molar-refractivity contribution in [1.82, 2.24) is 9.97 Å². The third-order valence-electron chi connectivity index (χ3n) is 2.91. The third kappa shape index (κ3) is 1.66. The molecule has 0 spiro atoms. The molecule has 4 heteroatoms. The fourth-order valence-corrected chi connectivity index (χ4v) is 2.95. The van der Waals surface area contributed by atoms with Crippen LogP contribution >= 0.6 is 11.3 Å². The van der Waals surface area contributed by atoms with Crippen LogP contribution in [0.4, 0.5) is 0 Å². The average molecular weight is 243 g/mol. The van der Waals surface area contributed by atoms with Gasteiger partial charge in [-0.3, -0.25) is 0 Å². The van der Waals surface area contributed by atoms with Crippen molar-refractivity contribution in [2.75, 3.05) is 0 Å². The van der Waals surface area contributed by atoms with Gasteiger partial charge in [-0.2, -0.15) is 0 Å². The molecule has 0 aliphatic rings. The van der Waals surface area contributed by atoms with Gasteiger partial charge in [0.25, 0.3) is 0 Å². The number of fused-ring (bicyclic) bond motifs is 1. The molecule has 0 aliphatic carbocycles. The summed E-state index contributed by atoms with van der Waals surface area (Å²) in [5.41, 5.74) is 8.97. The summed E-state index contributed by atoms with van der Waals surface area (Å²) in [6.07, 6.45) is 2.02. The maximum atomic E-state index is 5.67. The van der Waals surface area contributed by atoms with Crippen molar-refractivity contribution >= 4 is 22.2 Å². The Morgan fingerprint density at radius 1 is 1.35 bits per heavy atom. The molecule has 0 fully saturated rings. The molecule has 0 saturated carbocycles. The number of benzene rings is 1. The van der Waals surface area contributed by atoms with Gasteiger partial charge in [0.1, 0.15) is 5.01 Å². The molecular formula is C13H13N3S. The van der Waals surface area contributed by atoms with E-state index in [4.69, 9.17) is 5.73 Å². The smallest absolute Gasteiger partial charge is 0.126 e. The van der Waals surface area contributed by atoms with Gasteiger partial charge in [-0.25, -0.2) is 4.98 Å². The molecule has 0 unspecified atom stereocenters. The predicted octanol–water partition coefficient (Wildman–Crippen LogP) is 3.06. The van der Waals surface area contributed by atoms with Crippen LogP contribution in [0.25, 0.3) is 21.5 Å². The second-order valence-corrected chi connectivity index (χ2v) is 5.18. The van der Waals surface area contributed by atoms with Crippen molar-refractivity contribution in [2.45, 2.75) is 13.5 Å². The summed E-state index contributed by atoms with van der Waals surface area (Å²) in [6, 6.07) is 8.26. The summed E-state index contributed by atoms with van der Waals surface area (Å²) < 4.78 is 0. The van der Waals surface area contributed by atoms with E-state index in [-0.39, 0.29) is 0 Å². The highest BCUT2D eigenvalue weighted by atomic mass is 32.1. The molecule has 0 aliphatic heterocycles. The number of aromatic amines is 1. The monoisotopic (exact) mass is 243 g/mol. The summed E-state index contributed by atoms with van der Waals surface area (Å²) >= 11 is 1.70. The molecule has 0 atom stereocenters. The average Bonchev–Trinajstić information content (AvgIpc) is 2.92. The standard InChI is InChI=1S/C13H13N3S/c1-8-12(6-14)16-13(17-8)10-7-15-11-5-3-2-4-9(10)11/h2-5,7,15H,6,14H2,1H3. The molecule has 86 valence electrons. The maximum absolute atomic E-state index is 5.67. The quantitative estimate of drug-likeness (QED) is 0.726. The molecule has 17 heavy (non-hydrogen) atoms. The molecule has 0 amide bonds. The number of aryl methyl sites for hydroxylation is 1. The van der Waals surface area contributed by atoms with Crippen molar-refractivity contribution in [3.05, 3.63) is 41.0 Å².